The van der Waals surface area contributed by atoms with Gasteiger partial charge in [-0.05, 0) is 12.0 Å². The van der Waals surface area contributed by atoms with Crippen molar-refractivity contribution in [1.29, 1.82) is 0 Å². The van der Waals surface area contributed by atoms with Crippen molar-refractivity contribution < 1.29 is 27.5 Å². The molecule has 1 aromatic rings. The normalized spacial score (nSPS) is 18.8. The molecule has 0 radical (unpaired) electrons. The lowest BCUT2D eigenvalue weighted by Gasteiger charge is -2.18. The van der Waals surface area contributed by atoms with Crippen LogP contribution in [-0.4, -0.2) is 35.7 Å². The van der Waals surface area contributed by atoms with Crippen LogP contribution in [0.15, 0.2) is 42.5 Å². The fourth-order valence-electron chi connectivity index (χ4n) is 2.14. The molecule has 1 fully saturated rings. The Morgan fingerprint density at radius 2 is 2.00 bits per heavy atom. The minimum atomic E-state index is -4.38. The number of allylic oxidation sites excluding steroid dienone is 1. The predicted octanol–water partition coefficient (Wildman–Crippen LogP) is 3.09. The van der Waals surface area contributed by atoms with E-state index in [1.54, 1.807) is 0 Å². The van der Waals surface area contributed by atoms with E-state index in [-0.39, 0.29) is 6.61 Å². The van der Waals surface area contributed by atoms with Crippen LogP contribution in [-0.2, 0) is 16.0 Å². The summed E-state index contributed by atoms with van der Waals surface area (Å²) in [5.41, 5.74) is 0.905. The third-order valence-electron chi connectivity index (χ3n) is 3.12. The molecule has 2 rings (SSSR count). The molecule has 0 aliphatic carbocycles. The van der Waals surface area contributed by atoms with Gasteiger partial charge in [0.2, 0.25) is 0 Å². The van der Waals surface area contributed by atoms with Gasteiger partial charge in [-0.2, -0.15) is 13.2 Å². The zero-order valence-electron chi connectivity index (χ0n) is 11.5. The summed E-state index contributed by atoms with van der Waals surface area (Å²) >= 11 is 0. The monoisotopic (exact) mass is 313 g/mol. The van der Waals surface area contributed by atoms with Crippen molar-refractivity contribution in [3.05, 3.63) is 48.0 Å². The first-order valence-electron chi connectivity index (χ1n) is 6.64. The Hall–Kier alpha value is -2.31. The van der Waals surface area contributed by atoms with Crippen molar-refractivity contribution in [2.24, 2.45) is 0 Å². The second-order valence-corrected chi connectivity index (χ2v) is 4.85. The van der Waals surface area contributed by atoms with Gasteiger partial charge in [0.25, 0.3) is 5.91 Å². The van der Waals surface area contributed by atoms with Crippen molar-refractivity contribution >= 4 is 12.0 Å². The number of hydrogen-bond donors (Lipinski definition) is 0. The summed E-state index contributed by atoms with van der Waals surface area (Å²) in [4.78, 5) is 24.4. The summed E-state index contributed by atoms with van der Waals surface area (Å²) in [6.45, 7) is 0.0343. The molecule has 22 heavy (non-hydrogen) atoms. The van der Waals surface area contributed by atoms with Crippen LogP contribution in [0.1, 0.15) is 12.0 Å². The molecule has 1 saturated heterocycles. The largest absolute Gasteiger partial charge is 0.447 e. The lowest BCUT2D eigenvalue weighted by Crippen LogP contribution is -2.39. The van der Waals surface area contributed by atoms with E-state index in [0.717, 1.165) is 16.5 Å². The Kier molecular flexibility index (Phi) is 4.85. The molecule has 118 valence electrons. The van der Waals surface area contributed by atoms with Crippen LogP contribution >= 0.6 is 0 Å². The number of nitrogens with zero attached hydrogens (tertiary/aromatic N) is 1. The number of halogens is 3. The van der Waals surface area contributed by atoms with Gasteiger partial charge < -0.3 is 4.74 Å². The Balaban J connectivity index is 2.03. The Morgan fingerprint density at radius 1 is 1.32 bits per heavy atom. The molecule has 1 aliphatic rings. The van der Waals surface area contributed by atoms with Crippen LogP contribution in [0, 0.1) is 0 Å². The number of benzene rings is 1. The highest BCUT2D eigenvalue weighted by Crippen LogP contribution is 2.21. The SMILES string of the molecule is O=C(/C=C/CC(F)(F)F)N1C(=O)OC[C@H]1Cc1ccccc1. The second kappa shape index (κ2) is 6.64. The summed E-state index contributed by atoms with van der Waals surface area (Å²) in [7, 11) is 0. The zero-order valence-corrected chi connectivity index (χ0v) is 11.5. The first-order valence-corrected chi connectivity index (χ1v) is 6.64. The molecule has 0 spiro atoms. The smallest absolute Gasteiger partial charge is 0.417 e. The Bertz CT molecular complexity index is 569. The van der Waals surface area contributed by atoms with Crippen molar-refractivity contribution in [3.8, 4) is 0 Å². The zero-order chi connectivity index (χ0) is 16.2. The van der Waals surface area contributed by atoms with E-state index in [2.05, 4.69) is 0 Å². The number of ether oxygens (including phenoxy) is 1. The van der Waals surface area contributed by atoms with Gasteiger partial charge in [-0.1, -0.05) is 36.4 Å². The van der Waals surface area contributed by atoms with E-state index in [9.17, 15) is 22.8 Å². The molecule has 0 bridgehead atoms. The Morgan fingerprint density at radius 3 is 2.64 bits per heavy atom. The Labute approximate surface area is 125 Å². The third kappa shape index (κ3) is 4.34. The van der Waals surface area contributed by atoms with E-state index in [1.807, 2.05) is 30.3 Å². The summed E-state index contributed by atoms with van der Waals surface area (Å²) in [6, 6.07) is 8.64. The summed E-state index contributed by atoms with van der Waals surface area (Å²) in [5.74, 6) is -0.798. The van der Waals surface area contributed by atoms with Gasteiger partial charge in [-0.15, -0.1) is 0 Å². The van der Waals surface area contributed by atoms with Crippen LogP contribution in [0.5, 0.6) is 0 Å². The van der Waals surface area contributed by atoms with Gasteiger partial charge in [0, 0.05) is 6.08 Å². The van der Waals surface area contributed by atoms with Crippen molar-refractivity contribution in [2.75, 3.05) is 6.61 Å². The number of alkyl halides is 3. The first-order chi connectivity index (χ1) is 10.4. The summed E-state index contributed by atoms with van der Waals surface area (Å²) in [5, 5.41) is 0. The van der Waals surface area contributed by atoms with Crippen LogP contribution in [0.4, 0.5) is 18.0 Å². The molecule has 1 aromatic carbocycles. The molecule has 0 unspecified atom stereocenters. The average Bonchev–Trinajstić information content (AvgIpc) is 2.79. The van der Waals surface area contributed by atoms with Gasteiger partial charge in [-0.3, -0.25) is 4.79 Å². The molecule has 1 aliphatic heterocycles. The molecule has 4 nitrogen and oxygen atoms in total. The van der Waals surface area contributed by atoms with Gasteiger partial charge >= 0.3 is 12.3 Å². The molecule has 1 atom stereocenters. The maximum atomic E-state index is 12.1. The minimum absolute atomic E-state index is 0.0343. The molecule has 7 heteroatoms. The topological polar surface area (TPSA) is 46.6 Å². The number of rotatable bonds is 4. The second-order valence-electron chi connectivity index (χ2n) is 4.85. The third-order valence-corrected chi connectivity index (χ3v) is 3.12. The summed E-state index contributed by atoms with van der Waals surface area (Å²) < 4.78 is 41.0. The summed E-state index contributed by atoms with van der Waals surface area (Å²) in [6.07, 6.45) is -4.57. The van der Waals surface area contributed by atoms with E-state index in [0.29, 0.717) is 12.5 Å². The molecular formula is C15H14F3NO3. The highest BCUT2D eigenvalue weighted by Gasteiger charge is 2.37. The lowest BCUT2D eigenvalue weighted by atomic mass is 10.1. The van der Waals surface area contributed by atoms with Crippen LogP contribution < -0.4 is 0 Å². The number of hydrogen-bond acceptors (Lipinski definition) is 3. The molecule has 0 aromatic heterocycles. The number of carbonyl (C=O) groups is 2. The van der Waals surface area contributed by atoms with E-state index in [1.165, 1.54) is 0 Å². The number of imide groups is 1. The van der Waals surface area contributed by atoms with Crippen LogP contribution in [0.25, 0.3) is 0 Å². The molecular weight excluding hydrogens is 299 g/mol. The highest BCUT2D eigenvalue weighted by molar-refractivity contribution is 5.99. The average molecular weight is 313 g/mol. The van der Waals surface area contributed by atoms with Crippen molar-refractivity contribution in [3.63, 3.8) is 0 Å². The van der Waals surface area contributed by atoms with E-state index < -0.39 is 30.6 Å². The molecule has 0 N–H and O–H groups in total. The van der Waals surface area contributed by atoms with E-state index >= 15 is 0 Å². The minimum Gasteiger partial charge on any atom is -0.447 e. The maximum Gasteiger partial charge on any atom is 0.417 e. The van der Waals surface area contributed by atoms with Crippen LogP contribution in [0.3, 0.4) is 0 Å². The fraction of sp³-hybridized carbons (Fsp3) is 0.333. The van der Waals surface area contributed by atoms with Crippen LogP contribution in [0.2, 0.25) is 0 Å². The first kappa shape index (κ1) is 16.1. The number of carbonyl (C=O) groups excluding carboxylic acids is 2. The van der Waals surface area contributed by atoms with Gasteiger partial charge in [0.05, 0.1) is 12.5 Å². The highest BCUT2D eigenvalue weighted by atomic mass is 19.4. The predicted molar refractivity (Wildman–Crippen MR) is 71.9 cm³/mol. The lowest BCUT2D eigenvalue weighted by molar-refractivity contribution is -0.125. The van der Waals surface area contributed by atoms with Gasteiger partial charge in [0.1, 0.15) is 6.61 Å². The van der Waals surface area contributed by atoms with Gasteiger partial charge in [-0.25, -0.2) is 9.69 Å². The fourth-order valence-corrected chi connectivity index (χ4v) is 2.14. The van der Waals surface area contributed by atoms with E-state index in [4.69, 9.17) is 4.74 Å². The van der Waals surface area contributed by atoms with Gasteiger partial charge in [0.15, 0.2) is 0 Å². The number of cyclic esters (lactones) is 1. The molecule has 2 amide bonds. The van der Waals surface area contributed by atoms with Crippen molar-refractivity contribution in [2.45, 2.75) is 25.1 Å². The standard InChI is InChI=1S/C15H14F3NO3/c16-15(17,18)8-4-7-13(20)19-12(10-22-14(19)21)9-11-5-2-1-3-6-11/h1-7,12H,8-10H2/b7-4+/t12-/m1/s1. The van der Waals surface area contributed by atoms with Crippen molar-refractivity contribution in [1.82, 2.24) is 4.90 Å². The molecule has 0 saturated carbocycles. The maximum absolute atomic E-state index is 12.1. The molecule has 1 heterocycles. The quantitative estimate of drug-likeness (QED) is 0.803. The number of amides is 2.